The summed E-state index contributed by atoms with van der Waals surface area (Å²) in [6.45, 7) is 1.91. The Hall–Kier alpha value is -1.82. The van der Waals surface area contributed by atoms with Crippen molar-refractivity contribution in [3.05, 3.63) is 52.0 Å². The number of aromatic nitrogens is 1. The topological polar surface area (TPSA) is 42.0 Å². The molecule has 0 saturated heterocycles. The SMILES string of the molecule is CCC(NC(=O)c1ccnc(F)c1F)c1cccs1. The first-order valence-corrected chi connectivity index (χ1v) is 6.65. The average molecular weight is 282 g/mol. The second-order valence-corrected chi connectivity index (χ2v) is 4.89. The number of thiophene rings is 1. The summed E-state index contributed by atoms with van der Waals surface area (Å²) in [5.41, 5.74) is -0.331. The lowest BCUT2D eigenvalue weighted by Crippen LogP contribution is -2.28. The Morgan fingerprint density at radius 1 is 1.47 bits per heavy atom. The van der Waals surface area contributed by atoms with Gasteiger partial charge in [-0.15, -0.1) is 11.3 Å². The van der Waals surface area contributed by atoms with Crippen LogP contribution in [0.1, 0.15) is 34.6 Å². The van der Waals surface area contributed by atoms with Crippen molar-refractivity contribution in [1.82, 2.24) is 10.3 Å². The Morgan fingerprint density at radius 2 is 2.26 bits per heavy atom. The lowest BCUT2D eigenvalue weighted by atomic mass is 10.1. The van der Waals surface area contributed by atoms with Crippen LogP contribution in [0.3, 0.4) is 0 Å². The van der Waals surface area contributed by atoms with Crippen molar-refractivity contribution in [2.75, 3.05) is 0 Å². The van der Waals surface area contributed by atoms with Crippen molar-refractivity contribution in [2.45, 2.75) is 19.4 Å². The molecule has 2 aromatic rings. The molecular formula is C13H12F2N2OS. The van der Waals surface area contributed by atoms with E-state index in [1.54, 1.807) is 0 Å². The van der Waals surface area contributed by atoms with Gasteiger partial charge >= 0.3 is 0 Å². The molecule has 0 aliphatic heterocycles. The zero-order chi connectivity index (χ0) is 13.8. The molecule has 1 atom stereocenters. The van der Waals surface area contributed by atoms with Crippen LogP contribution < -0.4 is 5.32 Å². The Morgan fingerprint density at radius 3 is 2.89 bits per heavy atom. The minimum Gasteiger partial charge on any atom is -0.344 e. The van der Waals surface area contributed by atoms with Crippen LogP contribution in [-0.2, 0) is 0 Å². The number of carbonyl (C=O) groups is 1. The number of pyridine rings is 1. The minimum absolute atomic E-state index is 0.205. The number of nitrogens with zero attached hydrogens (tertiary/aromatic N) is 1. The van der Waals surface area contributed by atoms with Gasteiger partial charge in [0.05, 0.1) is 11.6 Å². The lowest BCUT2D eigenvalue weighted by molar-refractivity contribution is 0.0930. The van der Waals surface area contributed by atoms with E-state index >= 15 is 0 Å². The standard InChI is InChI=1S/C13H12F2N2OS/c1-2-9(10-4-3-7-19-10)17-13(18)8-5-6-16-12(15)11(8)14/h3-7,9H,2H2,1H3,(H,17,18). The number of nitrogens with one attached hydrogen (secondary N) is 1. The van der Waals surface area contributed by atoms with E-state index in [0.29, 0.717) is 6.42 Å². The molecule has 0 aliphatic carbocycles. The highest BCUT2D eigenvalue weighted by Crippen LogP contribution is 2.22. The summed E-state index contributed by atoms with van der Waals surface area (Å²) in [7, 11) is 0. The molecule has 0 radical (unpaired) electrons. The van der Waals surface area contributed by atoms with Gasteiger partial charge in [0, 0.05) is 11.1 Å². The van der Waals surface area contributed by atoms with Gasteiger partial charge in [-0.2, -0.15) is 4.39 Å². The molecule has 2 aromatic heterocycles. The summed E-state index contributed by atoms with van der Waals surface area (Å²) < 4.78 is 26.4. The second kappa shape index (κ2) is 5.88. The van der Waals surface area contributed by atoms with Crippen LogP contribution in [0.2, 0.25) is 0 Å². The van der Waals surface area contributed by atoms with E-state index in [0.717, 1.165) is 17.1 Å². The fourth-order valence-electron chi connectivity index (χ4n) is 1.69. The quantitative estimate of drug-likeness (QED) is 0.874. The summed E-state index contributed by atoms with van der Waals surface area (Å²) in [6.07, 6.45) is 1.74. The zero-order valence-corrected chi connectivity index (χ0v) is 11.0. The van der Waals surface area contributed by atoms with Gasteiger partial charge in [0.15, 0.2) is 5.82 Å². The van der Waals surface area contributed by atoms with Crippen LogP contribution in [0.5, 0.6) is 0 Å². The number of halogens is 2. The first kappa shape index (κ1) is 13.6. The molecule has 0 fully saturated rings. The third-order valence-electron chi connectivity index (χ3n) is 2.69. The fraction of sp³-hybridized carbons (Fsp3) is 0.231. The van der Waals surface area contributed by atoms with E-state index in [2.05, 4.69) is 10.3 Å². The zero-order valence-electron chi connectivity index (χ0n) is 10.2. The van der Waals surface area contributed by atoms with Gasteiger partial charge in [-0.3, -0.25) is 4.79 Å². The van der Waals surface area contributed by atoms with Crippen LogP contribution >= 0.6 is 11.3 Å². The highest BCUT2D eigenvalue weighted by molar-refractivity contribution is 7.10. The van der Waals surface area contributed by atoms with Crippen molar-refractivity contribution in [3.8, 4) is 0 Å². The van der Waals surface area contributed by atoms with E-state index in [1.807, 2.05) is 24.4 Å². The van der Waals surface area contributed by atoms with E-state index in [9.17, 15) is 13.6 Å². The van der Waals surface area contributed by atoms with Gasteiger partial charge in [-0.25, -0.2) is 9.37 Å². The van der Waals surface area contributed by atoms with E-state index < -0.39 is 17.7 Å². The molecule has 3 nitrogen and oxygen atoms in total. The fourth-order valence-corrected chi connectivity index (χ4v) is 2.55. The first-order chi connectivity index (χ1) is 9.13. The molecular weight excluding hydrogens is 270 g/mol. The number of amides is 1. The average Bonchev–Trinajstić information content (AvgIpc) is 2.92. The highest BCUT2D eigenvalue weighted by Gasteiger charge is 2.19. The molecule has 2 heterocycles. The summed E-state index contributed by atoms with van der Waals surface area (Å²) in [6, 6.07) is 4.72. The normalized spacial score (nSPS) is 12.2. The highest BCUT2D eigenvalue weighted by atomic mass is 32.1. The Balaban J connectivity index is 2.18. The lowest BCUT2D eigenvalue weighted by Gasteiger charge is -2.15. The molecule has 1 N–H and O–H groups in total. The molecule has 0 aromatic carbocycles. The van der Waals surface area contributed by atoms with E-state index in [1.165, 1.54) is 11.3 Å². The van der Waals surface area contributed by atoms with Crippen molar-refractivity contribution in [1.29, 1.82) is 0 Å². The first-order valence-electron chi connectivity index (χ1n) is 5.77. The van der Waals surface area contributed by atoms with Gasteiger partial charge in [0.1, 0.15) is 0 Å². The molecule has 0 spiro atoms. The molecule has 6 heteroatoms. The maximum absolute atomic E-state index is 13.5. The van der Waals surface area contributed by atoms with Crippen molar-refractivity contribution in [2.24, 2.45) is 0 Å². The van der Waals surface area contributed by atoms with Crippen LogP contribution in [0.15, 0.2) is 29.8 Å². The van der Waals surface area contributed by atoms with Crippen LogP contribution in [0, 0.1) is 11.8 Å². The molecule has 2 rings (SSSR count). The third-order valence-corrected chi connectivity index (χ3v) is 3.68. The second-order valence-electron chi connectivity index (χ2n) is 3.91. The smallest absolute Gasteiger partial charge is 0.254 e. The summed E-state index contributed by atoms with van der Waals surface area (Å²) in [4.78, 5) is 16.1. The predicted molar refractivity (Wildman–Crippen MR) is 69.0 cm³/mol. The molecule has 1 amide bonds. The summed E-state index contributed by atoms with van der Waals surface area (Å²) >= 11 is 1.51. The Bertz CT molecular complexity index is 572. The van der Waals surface area contributed by atoms with Gasteiger partial charge in [-0.05, 0) is 23.9 Å². The number of hydrogen-bond donors (Lipinski definition) is 1. The number of carbonyl (C=O) groups excluding carboxylic acids is 1. The minimum atomic E-state index is -1.27. The van der Waals surface area contributed by atoms with Crippen LogP contribution in [0.25, 0.3) is 0 Å². The van der Waals surface area contributed by atoms with E-state index in [4.69, 9.17) is 0 Å². The van der Waals surface area contributed by atoms with Crippen molar-refractivity contribution in [3.63, 3.8) is 0 Å². The molecule has 0 aliphatic rings. The Kier molecular flexibility index (Phi) is 4.21. The maximum atomic E-state index is 13.5. The third kappa shape index (κ3) is 2.96. The largest absolute Gasteiger partial charge is 0.344 e. The molecule has 100 valence electrons. The van der Waals surface area contributed by atoms with E-state index in [-0.39, 0.29) is 11.6 Å². The van der Waals surface area contributed by atoms with Gasteiger partial charge in [0.25, 0.3) is 5.91 Å². The number of hydrogen-bond acceptors (Lipinski definition) is 3. The monoisotopic (exact) mass is 282 g/mol. The molecule has 0 bridgehead atoms. The summed E-state index contributed by atoms with van der Waals surface area (Å²) in [5, 5.41) is 4.59. The molecule has 19 heavy (non-hydrogen) atoms. The van der Waals surface area contributed by atoms with Gasteiger partial charge in [-0.1, -0.05) is 13.0 Å². The van der Waals surface area contributed by atoms with Crippen LogP contribution in [0.4, 0.5) is 8.78 Å². The van der Waals surface area contributed by atoms with Gasteiger partial charge < -0.3 is 5.32 Å². The maximum Gasteiger partial charge on any atom is 0.254 e. The van der Waals surface area contributed by atoms with Gasteiger partial charge in [0.2, 0.25) is 5.95 Å². The molecule has 0 saturated carbocycles. The summed E-state index contributed by atoms with van der Waals surface area (Å²) in [5.74, 6) is -3.13. The predicted octanol–water partition coefficient (Wildman–Crippen LogP) is 3.30. The number of rotatable bonds is 4. The molecule has 1 unspecified atom stereocenters. The Labute approximate surface area is 113 Å². The van der Waals surface area contributed by atoms with Crippen LogP contribution in [-0.4, -0.2) is 10.9 Å². The van der Waals surface area contributed by atoms with Crippen molar-refractivity contribution >= 4 is 17.2 Å². The van der Waals surface area contributed by atoms with Crippen molar-refractivity contribution < 1.29 is 13.6 Å².